The molecule has 0 aliphatic heterocycles. The Morgan fingerprint density at radius 2 is 2.06 bits per heavy atom. The fraction of sp³-hybridized carbons (Fsp3) is 0.0833. The number of rotatable bonds is 2. The summed E-state index contributed by atoms with van der Waals surface area (Å²) in [7, 11) is 0. The van der Waals surface area contributed by atoms with Crippen LogP contribution in [0.5, 0.6) is 0 Å². The van der Waals surface area contributed by atoms with Crippen molar-refractivity contribution in [3.05, 3.63) is 58.8 Å². The van der Waals surface area contributed by atoms with E-state index in [9.17, 15) is 4.79 Å². The zero-order valence-corrected chi connectivity index (χ0v) is 9.00. The van der Waals surface area contributed by atoms with Crippen LogP contribution in [0.3, 0.4) is 0 Å². The summed E-state index contributed by atoms with van der Waals surface area (Å²) in [6.07, 6.45) is 3.08. The van der Waals surface area contributed by atoms with E-state index in [-0.39, 0.29) is 5.56 Å². The molecule has 0 saturated heterocycles. The van der Waals surface area contributed by atoms with Gasteiger partial charge in [-0.2, -0.15) is 5.10 Å². The summed E-state index contributed by atoms with van der Waals surface area (Å²) in [5, 5.41) is 4.77. The van der Waals surface area contributed by atoms with E-state index < -0.39 is 0 Å². The van der Waals surface area contributed by atoms with Crippen molar-refractivity contribution in [1.82, 2.24) is 19.7 Å². The van der Waals surface area contributed by atoms with Gasteiger partial charge >= 0.3 is 0 Å². The second-order valence-corrected chi connectivity index (χ2v) is 3.78. The van der Waals surface area contributed by atoms with Gasteiger partial charge in [-0.25, -0.2) is 4.98 Å². The molecule has 2 heterocycles. The minimum absolute atomic E-state index is 0.158. The molecule has 3 aromatic rings. The third-order valence-corrected chi connectivity index (χ3v) is 2.56. The second-order valence-electron chi connectivity index (χ2n) is 3.78. The molecule has 0 unspecified atom stereocenters. The zero-order chi connectivity index (χ0) is 11.7. The highest BCUT2D eigenvalue weighted by molar-refractivity contribution is 5.71. The molecule has 0 atom stereocenters. The average Bonchev–Trinajstić information content (AvgIpc) is 2.74. The molecule has 5 heteroatoms. The highest BCUT2D eigenvalue weighted by Crippen LogP contribution is 2.06. The summed E-state index contributed by atoms with van der Waals surface area (Å²) in [6.45, 7) is 0.636. The van der Waals surface area contributed by atoms with Crippen LogP contribution in [0.25, 0.3) is 11.0 Å². The summed E-state index contributed by atoms with van der Waals surface area (Å²) in [5.41, 5.74) is 1.45. The van der Waals surface area contributed by atoms with Crippen LogP contribution < -0.4 is 5.56 Å². The van der Waals surface area contributed by atoms with Gasteiger partial charge in [-0.1, -0.05) is 30.3 Å². The fourth-order valence-corrected chi connectivity index (χ4v) is 1.75. The van der Waals surface area contributed by atoms with Gasteiger partial charge in [-0.05, 0) is 5.56 Å². The van der Waals surface area contributed by atoms with Crippen LogP contribution in [0, 0.1) is 0 Å². The van der Waals surface area contributed by atoms with Gasteiger partial charge in [-0.15, -0.1) is 0 Å². The van der Waals surface area contributed by atoms with E-state index in [0.29, 0.717) is 17.6 Å². The predicted octanol–water partition coefficient (Wildman–Crippen LogP) is 1.17. The number of hydrogen-bond acceptors (Lipinski definition) is 3. The van der Waals surface area contributed by atoms with Gasteiger partial charge in [-0.3, -0.25) is 9.48 Å². The van der Waals surface area contributed by atoms with E-state index in [1.165, 1.54) is 6.33 Å². The lowest BCUT2D eigenvalue weighted by atomic mass is 10.2. The van der Waals surface area contributed by atoms with Crippen molar-refractivity contribution in [2.45, 2.75) is 6.54 Å². The molecular formula is C12H10N4O. The molecule has 0 spiro atoms. The molecule has 0 amide bonds. The molecule has 5 nitrogen and oxygen atoms in total. The van der Waals surface area contributed by atoms with Crippen LogP contribution in [-0.2, 0) is 6.54 Å². The Morgan fingerprint density at radius 3 is 2.82 bits per heavy atom. The van der Waals surface area contributed by atoms with Gasteiger partial charge in [0, 0.05) is 6.20 Å². The van der Waals surface area contributed by atoms with Crippen LogP contribution in [0.1, 0.15) is 5.56 Å². The summed E-state index contributed by atoms with van der Waals surface area (Å²) in [6, 6.07) is 9.95. The number of aromatic nitrogens is 4. The molecule has 0 bridgehead atoms. The maximum absolute atomic E-state index is 11.5. The van der Waals surface area contributed by atoms with Crippen LogP contribution >= 0.6 is 0 Å². The number of hydrogen-bond donors (Lipinski definition) is 1. The molecule has 1 N–H and O–H groups in total. The van der Waals surface area contributed by atoms with E-state index in [1.54, 1.807) is 10.9 Å². The first kappa shape index (κ1) is 9.77. The van der Waals surface area contributed by atoms with Gasteiger partial charge in [0.1, 0.15) is 5.39 Å². The van der Waals surface area contributed by atoms with Crippen LogP contribution in [0.2, 0.25) is 0 Å². The first-order valence-corrected chi connectivity index (χ1v) is 5.28. The standard InChI is InChI=1S/C12H10N4O/c17-12-10-7-16(15-11(10)13-8-14-12)6-9-4-2-1-3-5-9/h1-5,7-8H,6H2,(H,13,14,15,17). The van der Waals surface area contributed by atoms with E-state index in [2.05, 4.69) is 15.1 Å². The van der Waals surface area contributed by atoms with Crippen molar-refractivity contribution >= 4 is 11.0 Å². The topological polar surface area (TPSA) is 63.6 Å². The van der Waals surface area contributed by atoms with E-state index in [4.69, 9.17) is 0 Å². The minimum Gasteiger partial charge on any atom is -0.312 e. The lowest BCUT2D eigenvalue weighted by Crippen LogP contribution is -2.04. The molecule has 1 aromatic carbocycles. The molecule has 17 heavy (non-hydrogen) atoms. The van der Waals surface area contributed by atoms with Gasteiger partial charge in [0.05, 0.1) is 12.9 Å². The Balaban J connectivity index is 2.02. The predicted molar refractivity (Wildman–Crippen MR) is 63.7 cm³/mol. The maximum Gasteiger partial charge on any atom is 0.261 e. The smallest absolute Gasteiger partial charge is 0.261 e. The van der Waals surface area contributed by atoms with E-state index in [0.717, 1.165) is 5.56 Å². The van der Waals surface area contributed by atoms with Crippen LogP contribution in [0.4, 0.5) is 0 Å². The third-order valence-electron chi connectivity index (χ3n) is 2.56. The van der Waals surface area contributed by atoms with Gasteiger partial charge in [0.2, 0.25) is 0 Å². The monoisotopic (exact) mass is 226 g/mol. The summed E-state index contributed by atoms with van der Waals surface area (Å²) in [4.78, 5) is 18.0. The number of H-pyrrole nitrogens is 1. The van der Waals surface area contributed by atoms with Crippen molar-refractivity contribution in [2.75, 3.05) is 0 Å². The number of nitrogens with one attached hydrogen (secondary N) is 1. The number of fused-ring (bicyclic) bond motifs is 1. The van der Waals surface area contributed by atoms with E-state index in [1.807, 2.05) is 30.3 Å². The van der Waals surface area contributed by atoms with Gasteiger partial charge in [0.15, 0.2) is 5.65 Å². The fourth-order valence-electron chi connectivity index (χ4n) is 1.75. The van der Waals surface area contributed by atoms with Crippen molar-refractivity contribution in [2.24, 2.45) is 0 Å². The SMILES string of the molecule is O=c1[nH]cnc2nn(Cc3ccccc3)cc12. The molecule has 0 saturated carbocycles. The maximum atomic E-state index is 11.5. The summed E-state index contributed by atoms with van der Waals surface area (Å²) >= 11 is 0. The second kappa shape index (κ2) is 3.86. The quantitative estimate of drug-likeness (QED) is 0.713. The Bertz CT molecular complexity index is 699. The Hall–Kier alpha value is -2.43. The van der Waals surface area contributed by atoms with Gasteiger partial charge in [0.25, 0.3) is 5.56 Å². The number of benzene rings is 1. The molecule has 0 fully saturated rings. The largest absolute Gasteiger partial charge is 0.312 e. The third kappa shape index (κ3) is 1.82. The molecule has 3 rings (SSSR count). The molecule has 0 aliphatic carbocycles. The van der Waals surface area contributed by atoms with Crippen molar-refractivity contribution in [1.29, 1.82) is 0 Å². The summed E-state index contributed by atoms with van der Waals surface area (Å²) in [5.74, 6) is 0. The molecule has 0 aliphatic rings. The van der Waals surface area contributed by atoms with Crippen molar-refractivity contribution in [3.8, 4) is 0 Å². The first-order valence-electron chi connectivity index (χ1n) is 5.28. The minimum atomic E-state index is -0.158. The molecule has 2 aromatic heterocycles. The first-order chi connectivity index (χ1) is 8.33. The van der Waals surface area contributed by atoms with Crippen molar-refractivity contribution < 1.29 is 0 Å². The molecular weight excluding hydrogens is 216 g/mol. The number of aromatic amines is 1. The average molecular weight is 226 g/mol. The Kier molecular flexibility index (Phi) is 2.22. The highest BCUT2D eigenvalue weighted by atomic mass is 16.1. The zero-order valence-electron chi connectivity index (χ0n) is 9.00. The van der Waals surface area contributed by atoms with Crippen LogP contribution in [-0.4, -0.2) is 19.7 Å². The lowest BCUT2D eigenvalue weighted by molar-refractivity contribution is 0.693. The lowest BCUT2D eigenvalue weighted by Gasteiger charge is -1.99. The van der Waals surface area contributed by atoms with Crippen LogP contribution in [0.15, 0.2) is 47.7 Å². The molecule has 0 radical (unpaired) electrons. The Labute approximate surface area is 96.7 Å². The normalized spacial score (nSPS) is 10.8. The highest BCUT2D eigenvalue weighted by Gasteiger charge is 2.05. The molecule has 84 valence electrons. The van der Waals surface area contributed by atoms with Crippen molar-refractivity contribution in [3.63, 3.8) is 0 Å². The summed E-state index contributed by atoms with van der Waals surface area (Å²) < 4.78 is 1.72. The van der Waals surface area contributed by atoms with Gasteiger partial charge < -0.3 is 4.98 Å². The van der Waals surface area contributed by atoms with E-state index >= 15 is 0 Å². The Morgan fingerprint density at radius 1 is 1.24 bits per heavy atom. The number of nitrogens with zero attached hydrogens (tertiary/aromatic N) is 3.